The minimum atomic E-state index is -0.872. The summed E-state index contributed by atoms with van der Waals surface area (Å²) in [4.78, 5) is 24.2. The van der Waals surface area contributed by atoms with Crippen molar-refractivity contribution in [3.05, 3.63) is 29.7 Å². The van der Waals surface area contributed by atoms with Gasteiger partial charge in [-0.3, -0.25) is 14.7 Å². The Morgan fingerprint density at radius 2 is 2.20 bits per heavy atom. The summed E-state index contributed by atoms with van der Waals surface area (Å²) in [5, 5.41) is 15.5. The predicted octanol–water partition coefficient (Wildman–Crippen LogP) is 1.13. The van der Waals surface area contributed by atoms with Crippen molar-refractivity contribution in [2.24, 2.45) is 5.92 Å². The molecule has 1 saturated heterocycles. The van der Waals surface area contributed by atoms with Crippen LogP contribution in [0.3, 0.4) is 0 Å². The highest BCUT2D eigenvalue weighted by Gasteiger charge is 2.36. The number of nitrogens with one attached hydrogen (secondary N) is 1. The van der Waals surface area contributed by atoms with E-state index in [1.165, 1.54) is 4.90 Å². The molecule has 1 aliphatic heterocycles. The molecule has 2 aromatic heterocycles. The molecule has 0 aliphatic carbocycles. The standard InChI is InChI=1S/C13H13N3O4/c1-7-2-3-11(20-7)9-4-10(15-14-9)12(17)16-5-8(6-16)13(18)19/h2-4,8H,5-6H2,1H3,(H,14,15)(H,18,19). The van der Waals surface area contributed by atoms with E-state index < -0.39 is 11.9 Å². The quantitative estimate of drug-likeness (QED) is 0.874. The average molecular weight is 275 g/mol. The van der Waals surface area contributed by atoms with Crippen LogP contribution in [-0.2, 0) is 4.79 Å². The molecule has 2 aromatic rings. The number of aryl methyl sites for hydroxylation is 1. The van der Waals surface area contributed by atoms with E-state index in [4.69, 9.17) is 9.52 Å². The Labute approximate surface area is 114 Å². The summed E-state index contributed by atoms with van der Waals surface area (Å²) >= 11 is 0. The third-order valence-electron chi connectivity index (χ3n) is 3.32. The maximum atomic E-state index is 12.1. The number of amides is 1. The first kappa shape index (κ1) is 12.5. The van der Waals surface area contributed by atoms with Gasteiger partial charge in [-0.15, -0.1) is 0 Å². The number of furan rings is 1. The van der Waals surface area contributed by atoms with E-state index in [1.807, 2.05) is 13.0 Å². The van der Waals surface area contributed by atoms with Gasteiger partial charge < -0.3 is 14.4 Å². The molecule has 0 bridgehead atoms. The summed E-state index contributed by atoms with van der Waals surface area (Å²) < 4.78 is 5.44. The van der Waals surface area contributed by atoms with Gasteiger partial charge in [0.05, 0.1) is 5.92 Å². The van der Waals surface area contributed by atoms with Gasteiger partial charge in [0.15, 0.2) is 11.5 Å². The van der Waals surface area contributed by atoms with Crippen molar-refractivity contribution in [3.63, 3.8) is 0 Å². The van der Waals surface area contributed by atoms with E-state index in [9.17, 15) is 9.59 Å². The largest absolute Gasteiger partial charge is 0.481 e. The number of nitrogens with zero attached hydrogens (tertiary/aromatic N) is 2. The molecule has 7 heteroatoms. The lowest BCUT2D eigenvalue weighted by Crippen LogP contribution is -2.53. The summed E-state index contributed by atoms with van der Waals surface area (Å²) in [6, 6.07) is 5.22. The molecule has 2 N–H and O–H groups in total. The van der Waals surface area contributed by atoms with Crippen LogP contribution >= 0.6 is 0 Å². The van der Waals surface area contributed by atoms with Gasteiger partial charge in [0.2, 0.25) is 0 Å². The fourth-order valence-electron chi connectivity index (χ4n) is 2.10. The van der Waals surface area contributed by atoms with Crippen molar-refractivity contribution in [3.8, 4) is 11.5 Å². The summed E-state index contributed by atoms with van der Waals surface area (Å²) in [7, 11) is 0. The van der Waals surface area contributed by atoms with E-state index in [0.717, 1.165) is 5.76 Å². The van der Waals surface area contributed by atoms with Gasteiger partial charge >= 0.3 is 5.97 Å². The maximum absolute atomic E-state index is 12.1. The van der Waals surface area contributed by atoms with E-state index in [0.29, 0.717) is 11.5 Å². The first-order valence-electron chi connectivity index (χ1n) is 6.19. The number of hydrogen-bond acceptors (Lipinski definition) is 4. The molecule has 1 amide bonds. The number of carbonyl (C=O) groups is 2. The van der Waals surface area contributed by atoms with E-state index in [2.05, 4.69) is 10.2 Å². The van der Waals surface area contributed by atoms with Crippen LogP contribution in [0, 0.1) is 12.8 Å². The van der Waals surface area contributed by atoms with Crippen molar-refractivity contribution in [1.29, 1.82) is 0 Å². The molecular formula is C13H13N3O4. The number of aliphatic carboxylic acids is 1. The molecule has 0 unspecified atom stereocenters. The first-order chi connectivity index (χ1) is 9.54. The number of carboxylic acid groups (broad SMARTS) is 1. The summed E-state index contributed by atoms with van der Waals surface area (Å²) in [6.07, 6.45) is 0. The van der Waals surface area contributed by atoms with Crippen molar-refractivity contribution in [2.75, 3.05) is 13.1 Å². The summed E-state index contributed by atoms with van der Waals surface area (Å²) in [5.74, 6) is -0.225. The Hall–Kier alpha value is -2.57. The molecule has 0 atom stereocenters. The fraction of sp³-hybridized carbons (Fsp3) is 0.308. The minimum Gasteiger partial charge on any atom is -0.481 e. The van der Waals surface area contributed by atoms with Crippen LogP contribution in [0.15, 0.2) is 22.6 Å². The lowest BCUT2D eigenvalue weighted by Gasteiger charge is -2.35. The van der Waals surface area contributed by atoms with E-state index >= 15 is 0 Å². The average Bonchev–Trinajstić information content (AvgIpc) is 2.94. The molecule has 104 valence electrons. The van der Waals surface area contributed by atoms with Crippen molar-refractivity contribution in [2.45, 2.75) is 6.92 Å². The van der Waals surface area contributed by atoms with Crippen LogP contribution in [-0.4, -0.2) is 45.2 Å². The number of hydrogen-bond donors (Lipinski definition) is 2. The zero-order valence-electron chi connectivity index (χ0n) is 10.8. The van der Waals surface area contributed by atoms with Crippen LogP contribution in [0.1, 0.15) is 16.2 Å². The molecule has 1 aliphatic rings. The summed E-state index contributed by atoms with van der Waals surface area (Å²) in [6.45, 7) is 2.30. The first-order valence-corrected chi connectivity index (χ1v) is 6.19. The van der Waals surface area contributed by atoms with Gasteiger partial charge in [0.1, 0.15) is 11.5 Å². The SMILES string of the molecule is Cc1ccc(-c2cc(C(=O)N3CC(C(=O)O)C3)n[nH]2)o1. The topological polar surface area (TPSA) is 99.4 Å². The normalized spacial score (nSPS) is 15.2. The van der Waals surface area contributed by atoms with Crippen molar-refractivity contribution >= 4 is 11.9 Å². The van der Waals surface area contributed by atoms with Gasteiger partial charge in [0, 0.05) is 19.2 Å². The Morgan fingerprint density at radius 1 is 1.45 bits per heavy atom. The molecular weight excluding hydrogens is 262 g/mol. The number of likely N-dealkylation sites (tertiary alicyclic amines) is 1. The van der Waals surface area contributed by atoms with Gasteiger partial charge in [-0.25, -0.2) is 0 Å². The van der Waals surface area contributed by atoms with E-state index in [-0.39, 0.29) is 24.7 Å². The molecule has 0 spiro atoms. The molecule has 20 heavy (non-hydrogen) atoms. The predicted molar refractivity (Wildman–Crippen MR) is 68.1 cm³/mol. The lowest BCUT2D eigenvalue weighted by molar-refractivity contribution is -0.146. The zero-order chi connectivity index (χ0) is 14.3. The third-order valence-corrected chi connectivity index (χ3v) is 3.32. The number of aromatic amines is 1. The van der Waals surface area contributed by atoms with E-state index in [1.54, 1.807) is 12.1 Å². The van der Waals surface area contributed by atoms with Crippen LogP contribution in [0.25, 0.3) is 11.5 Å². The second kappa shape index (κ2) is 4.52. The minimum absolute atomic E-state index is 0.232. The van der Waals surface area contributed by atoms with Gasteiger partial charge in [-0.05, 0) is 19.1 Å². The summed E-state index contributed by atoms with van der Waals surface area (Å²) in [5.41, 5.74) is 0.884. The molecule has 1 fully saturated rings. The lowest BCUT2D eigenvalue weighted by atomic mass is 10.0. The number of aromatic nitrogens is 2. The highest BCUT2D eigenvalue weighted by Crippen LogP contribution is 2.23. The highest BCUT2D eigenvalue weighted by molar-refractivity contribution is 5.94. The monoisotopic (exact) mass is 275 g/mol. The molecule has 0 aromatic carbocycles. The Morgan fingerprint density at radius 3 is 2.80 bits per heavy atom. The Bertz CT molecular complexity index is 667. The van der Waals surface area contributed by atoms with Gasteiger partial charge in [-0.1, -0.05) is 0 Å². The number of H-pyrrole nitrogens is 1. The third kappa shape index (κ3) is 2.07. The molecule has 0 saturated carbocycles. The second-order valence-corrected chi connectivity index (χ2v) is 4.82. The van der Waals surface area contributed by atoms with Crippen LogP contribution in [0.5, 0.6) is 0 Å². The van der Waals surface area contributed by atoms with Crippen molar-refractivity contribution in [1.82, 2.24) is 15.1 Å². The molecule has 3 rings (SSSR count). The van der Waals surface area contributed by atoms with Crippen molar-refractivity contribution < 1.29 is 19.1 Å². The maximum Gasteiger partial charge on any atom is 0.310 e. The van der Waals surface area contributed by atoms with Crippen LogP contribution < -0.4 is 0 Å². The molecule has 3 heterocycles. The number of rotatable bonds is 3. The number of carboxylic acids is 1. The highest BCUT2D eigenvalue weighted by atomic mass is 16.4. The van der Waals surface area contributed by atoms with Gasteiger partial charge in [0.25, 0.3) is 5.91 Å². The second-order valence-electron chi connectivity index (χ2n) is 4.82. The molecule has 7 nitrogen and oxygen atoms in total. The molecule has 0 radical (unpaired) electrons. The van der Waals surface area contributed by atoms with Crippen LogP contribution in [0.4, 0.5) is 0 Å². The van der Waals surface area contributed by atoms with Crippen LogP contribution in [0.2, 0.25) is 0 Å². The fourth-order valence-corrected chi connectivity index (χ4v) is 2.10. The number of carbonyl (C=O) groups excluding carboxylic acids is 1. The Balaban J connectivity index is 1.71. The zero-order valence-corrected chi connectivity index (χ0v) is 10.8. The van der Waals surface area contributed by atoms with Gasteiger partial charge in [-0.2, -0.15) is 5.10 Å². The smallest absolute Gasteiger partial charge is 0.310 e. The Kier molecular flexibility index (Phi) is 2.81.